The summed E-state index contributed by atoms with van der Waals surface area (Å²) < 4.78 is 6.34. The third-order valence-corrected chi connectivity index (χ3v) is 5.32. The topological polar surface area (TPSA) is 112 Å². The van der Waals surface area contributed by atoms with Gasteiger partial charge in [0.25, 0.3) is 0 Å². The van der Waals surface area contributed by atoms with E-state index in [1.165, 1.54) is 17.6 Å². The lowest BCUT2D eigenvalue weighted by atomic mass is 10.1. The van der Waals surface area contributed by atoms with Crippen molar-refractivity contribution in [2.24, 2.45) is 0 Å². The van der Waals surface area contributed by atoms with Crippen LogP contribution in [-0.4, -0.2) is 42.5 Å². The molecule has 0 unspecified atom stereocenters. The molecule has 3 aromatic rings. The molecule has 0 bridgehead atoms. The van der Waals surface area contributed by atoms with Gasteiger partial charge in [0.05, 0.1) is 23.4 Å². The van der Waals surface area contributed by atoms with Crippen molar-refractivity contribution >= 4 is 39.3 Å². The number of thiophene rings is 1. The van der Waals surface area contributed by atoms with Crippen molar-refractivity contribution in [2.75, 3.05) is 36.9 Å². The van der Waals surface area contributed by atoms with Gasteiger partial charge < -0.3 is 20.8 Å². The summed E-state index contributed by atoms with van der Waals surface area (Å²) in [7, 11) is 0. The van der Waals surface area contributed by atoms with Gasteiger partial charge in [0.1, 0.15) is 10.9 Å². The third-order valence-electron chi connectivity index (χ3n) is 4.30. The number of fused-ring (bicyclic) bond motifs is 1. The summed E-state index contributed by atoms with van der Waals surface area (Å²) in [5.74, 6) is 1.31. The van der Waals surface area contributed by atoms with Crippen molar-refractivity contribution in [1.82, 2.24) is 9.97 Å². The molecule has 3 heterocycles. The second-order valence-electron chi connectivity index (χ2n) is 5.86. The Bertz CT molecular complexity index is 1030. The van der Waals surface area contributed by atoms with Crippen LogP contribution in [0, 0.1) is 16.7 Å². The summed E-state index contributed by atoms with van der Waals surface area (Å²) in [6.45, 7) is 2.75. The number of rotatable bonds is 3. The predicted octanol–water partition coefficient (Wildman–Crippen LogP) is 2.65. The van der Waals surface area contributed by atoms with Gasteiger partial charge in [-0.15, -0.1) is 11.3 Å². The van der Waals surface area contributed by atoms with Crippen LogP contribution in [0.25, 0.3) is 21.6 Å². The lowest BCUT2D eigenvalue weighted by molar-refractivity contribution is 0.122. The van der Waals surface area contributed by atoms with Crippen LogP contribution in [-0.2, 0) is 4.74 Å². The number of nitrogens with one attached hydrogen (secondary N) is 1. The quantitative estimate of drug-likeness (QED) is 0.546. The second kappa shape index (κ2) is 6.71. The molecule has 0 spiro atoms. The number of ether oxygens (including phenoxy) is 1. The van der Waals surface area contributed by atoms with Crippen LogP contribution in [0.4, 0.5) is 11.5 Å². The van der Waals surface area contributed by atoms with Crippen molar-refractivity contribution in [3.63, 3.8) is 0 Å². The van der Waals surface area contributed by atoms with Crippen molar-refractivity contribution in [1.29, 1.82) is 10.7 Å². The number of hydrogen-bond donors (Lipinski definition) is 2. The molecular weight excluding hydrogens is 348 g/mol. The van der Waals surface area contributed by atoms with Crippen molar-refractivity contribution in [3.05, 3.63) is 34.7 Å². The molecule has 0 amide bonds. The van der Waals surface area contributed by atoms with Crippen LogP contribution in [0.1, 0.15) is 10.4 Å². The van der Waals surface area contributed by atoms with E-state index in [2.05, 4.69) is 16.0 Å². The maximum Gasteiger partial charge on any atom is 0.162 e. The minimum Gasteiger partial charge on any atom is -0.398 e. The lowest BCUT2D eigenvalue weighted by Crippen LogP contribution is -2.36. The van der Waals surface area contributed by atoms with Gasteiger partial charge >= 0.3 is 0 Å². The number of nitrogens with two attached hydrogens (primary N) is 1. The SMILES string of the molecule is N#Cc1cc2nc(-c3cccc(N)c3C=N)nc(N3CCOCC3)c2s1. The molecule has 1 fully saturated rings. The predicted molar refractivity (Wildman–Crippen MR) is 103 cm³/mol. The highest BCUT2D eigenvalue weighted by atomic mass is 32.1. The maximum absolute atomic E-state index is 9.28. The minimum absolute atomic E-state index is 0.507. The van der Waals surface area contributed by atoms with Crippen LogP contribution in [0.3, 0.4) is 0 Å². The fourth-order valence-corrected chi connectivity index (χ4v) is 3.93. The molecule has 2 aromatic heterocycles. The summed E-state index contributed by atoms with van der Waals surface area (Å²) in [5.41, 5.74) is 8.56. The first-order chi connectivity index (χ1) is 12.7. The molecule has 26 heavy (non-hydrogen) atoms. The number of nitrogens with zero attached hydrogens (tertiary/aromatic N) is 4. The van der Waals surface area contributed by atoms with Crippen LogP contribution in [0.2, 0.25) is 0 Å². The monoisotopic (exact) mass is 364 g/mol. The molecular formula is C18H16N6OS. The van der Waals surface area contributed by atoms with Gasteiger partial charge in [0.15, 0.2) is 11.6 Å². The van der Waals surface area contributed by atoms with E-state index in [0.717, 1.165) is 29.1 Å². The van der Waals surface area contributed by atoms with E-state index in [1.807, 2.05) is 12.1 Å². The molecule has 0 saturated carbocycles. The summed E-state index contributed by atoms with van der Waals surface area (Å²) in [6.07, 6.45) is 1.22. The first-order valence-electron chi connectivity index (χ1n) is 8.15. The molecule has 1 aliphatic rings. The summed E-state index contributed by atoms with van der Waals surface area (Å²) in [6, 6.07) is 9.41. The zero-order valence-electron chi connectivity index (χ0n) is 13.9. The fourth-order valence-electron chi connectivity index (χ4n) is 3.02. The van der Waals surface area contributed by atoms with E-state index in [0.29, 0.717) is 40.7 Å². The van der Waals surface area contributed by atoms with Crippen molar-refractivity contribution < 1.29 is 4.74 Å². The fraction of sp³-hybridized carbons (Fsp3) is 0.222. The zero-order valence-corrected chi connectivity index (χ0v) is 14.7. The van der Waals surface area contributed by atoms with Crippen molar-refractivity contribution in [2.45, 2.75) is 0 Å². The molecule has 130 valence electrons. The van der Waals surface area contributed by atoms with Gasteiger partial charge in [0.2, 0.25) is 0 Å². The highest BCUT2D eigenvalue weighted by Crippen LogP contribution is 2.35. The first-order valence-corrected chi connectivity index (χ1v) is 8.96. The molecule has 4 rings (SSSR count). The van der Waals surface area contributed by atoms with E-state index >= 15 is 0 Å². The normalized spacial score (nSPS) is 14.3. The summed E-state index contributed by atoms with van der Waals surface area (Å²) in [5, 5.41) is 17.0. The smallest absolute Gasteiger partial charge is 0.162 e. The zero-order chi connectivity index (χ0) is 18.1. The Kier molecular flexibility index (Phi) is 4.24. The third kappa shape index (κ3) is 2.77. The number of nitriles is 1. The molecule has 1 aliphatic heterocycles. The standard InChI is InChI=1S/C18H16N6OS/c19-9-11-8-15-16(26-11)18(24-4-6-25-7-5-24)23-17(22-15)12-2-1-3-14(21)13(12)10-20/h1-3,8,10,20H,4-7,21H2. The van der Waals surface area contributed by atoms with E-state index in [4.69, 9.17) is 20.9 Å². The van der Waals surface area contributed by atoms with Gasteiger partial charge in [0, 0.05) is 36.1 Å². The van der Waals surface area contributed by atoms with Gasteiger partial charge in [-0.2, -0.15) is 5.26 Å². The number of aromatic nitrogens is 2. The maximum atomic E-state index is 9.28. The Hall–Kier alpha value is -3.02. The lowest BCUT2D eigenvalue weighted by Gasteiger charge is -2.28. The van der Waals surface area contributed by atoms with Crippen LogP contribution < -0.4 is 10.6 Å². The molecule has 1 aromatic carbocycles. The van der Waals surface area contributed by atoms with Crippen LogP contribution >= 0.6 is 11.3 Å². The molecule has 0 atom stereocenters. The second-order valence-corrected chi connectivity index (χ2v) is 6.91. The largest absolute Gasteiger partial charge is 0.398 e. The number of benzene rings is 1. The number of nitrogen functional groups attached to an aromatic ring is 1. The van der Waals surface area contributed by atoms with Crippen LogP contribution in [0.5, 0.6) is 0 Å². The Morgan fingerprint density at radius 2 is 2.12 bits per heavy atom. The number of morpholine rings is 1. The summed E-state index contributed by atoms with van der Waals surface area (Å²) >= 11 is 1.40. The van der Waals surface area contributed by atoms with Gasteiger partial charge in [-0.25, -0.2) is 9.97 Å². The Labute approximate surface area is 154 Å². The molecule has 0 aliphatic carbocycles. The van der Waals surface area contributed by atoms with Gasteiger partial charge in [-0.1, -0.05) is 12.1 Å². The molecule has 1 saturated heterocycles. The minimum atomic E-state index is 0.507. The van der Waals surface area contributed by atoms with E-state index in [1.54, 1.807) is 12.1 Å². The van der Waals surface area contributed by atoms with E-state index in [9.17, 15) is 5.26 Å². The van der Waals surface area contributed by atoms with Crippen LogP contribution in [0.15, 0.2) is 24.3 Å². The number of anilines is 2. The van der Waals surface area contributed by atoms with Crippen molar-refractivity contribution in [3.8, 4) is 17.5 Å². The first kappa shape index (κ1) is 16.4. The molecule has 3 N–H and O–H groups in total. The average Bonchev–Trinajstić information content (AvgIpc) is 3.11. The van der Waals surface area contributed by atoms with E-state index in [-0.39, 0.29) is 0 Å². The molecule has 7 nitrogen and oxygen atoms in total. The highest BCUT2D eigenvalue weighted by molar-refractivity contribution is 7.20. The average molecular weight is 364 g/mol. The Morgan fingerprint density at radius 3 is 2.85 bits per heavy atom. The van der Waals surface area contributed by atoms with Gasteiger partial charge in [-0.05, 0) is 12.1 Å². The molecule has 8 heteroatoms. The summed E-state index contributed by atoms with van der Waals surface area (Å²) in [4.78, 5) is 12.2. The molecule has 0 radical (unpaired) electrons. The highest BCUT2D eigenvalue weighted by Gasteiger charge is 2.21. The number of hydrogen-bond acceptors (Lipinski definition) is 8. The Morgan fingerprint density at radius 1 is 1.31 bits per heavy atom. The Balaban J connectivity index is 1.95. The van der Waals surface area contributed by atoms with Gasteiger partial charge in [-0.3, -0.25) is 0 Å². The van der Waals surface area contributed by atoms with E-state index < -0.39 is 0 Å².